The van der Waals surface area contributed by atoms with Crippen LogP contribution in [-0.4, -0.2) is 20.7 Å². The van der Waals surface area contributed by atoms with Gasteiger partial charge in [-0.05, 0) is 25.5 Å². The first-order valence-corrected chi connectivity index (χ1v) is 6.93. The summed E-state index contributed by atoms with van der Waals surface area (Å²) in [6.07, 6.45) is 5.11. The molecule has 0 bridgehead atoms. The molecule has 2 aromatic heterocycles. The van der Waals surface area contributed by atoms with Gasteiger partial charge in [0.2, 0.25) is 0 Å². The fourth-order valence-electron chi connectivity index (χ4n) is 1.98. The van der Waals surface area contributed by atoms with Gasteiger partial charge in [-0.2, -0.15) is 0 Å². The maximum Gasteiger partial charge on any atom is 0.105 e. The highest BCUT2D eigenvalue weighted by atomic mass is 19.1. The third kappa shape index (κ3) is 4.05. The monoisotopic (exact) mass is 285 g/mol. The lowest BCUT2D eigenvalue weighted by molar-refractivity contribution is 0.391. The normalized spacial score (nSPS) is 10.3. The van der Waals surface area contributed by atoms with E-state index in [1.54, 1.807) is 0 Å². The number of nitrogens with one attached hydrogen (secondary N) is 1. The predicted octanol–water partition coefficient (Wildman–Crippen LogP) is 4.45. The van der Waals surface area contributed by atoms with Gasteiger partial charge < -0.3 is 9.55 Å². The number of nitrogens with zero attached hydrogens (tertiary/aromatic N) is 2. The lowest BCUT2D eigenvalue weighted by atomic mass is 10.1. The van der Waals surface area contributed by atoms with Crippen molar-refractivity contribution in [3.8, 4) is 22.5 Å². The molecule has 0 amide bonds. The molecule has 0 atom stereocenters. The third-order valence-corrected chi connectivity index (χ3v) is 2.79. The summed E-state index contributed by atoms with van der Waals surface area (Å²) in [7, 11) is 1.97. The largest absolute Gasteiger partial charge is 0.359 e. The van der Waals surface area contributed by atoms with E-state index in [0.717, 1.165) is 11.4 Å². The van der Waals surface area contributed by atoms with Crippen molar-refractivity contribution in [2.45, 2.75) is 20.0 Å². The van der Waals surface area contributed by atoms with Crippen LogP contribution >= 0.6 is 0 Å². The molecule has 0 aliphatic carbocycles. The molecule has 3 nitrogen and oxygen atoms in total. The third-order valence-electron chi connectivity index (χ3n) is 2.79. The summed E-state index contributed by atoms with van der Waals surface area (Å²) in [5.74, 6) is 0. The van der Waals surface area contributed by atoms with Gasteiger partial charge in [0.25, 0.3) is 0 Å². The van der Waals surface area contributed by atoms with Crippen LogP contribution in [0, 0.1) is 0 Å². The van der Waals surface area contributed by atoms with Gasteiger partial charge in [-0.25, -0.2) is 9.37 Å². The lowest BCUT2D eigenvalue weighted by Gasteiger charge is -2.01. The quantitative estimate of drug-likeness (QED) is 0.741. The first-order chi connectivity index (χ1) is 10.1. The van der Waals surface area contributed by atoms with Crippen LogP contribution in [0.3, 0.4) is 0 Å². The number of alkyl halides is 1. The molecule has 0 radical (unpaired) electrons. The standard InChI is InChI=1S/C14H13N3.C3H7F/c1-17-9-13(16-10-17)14-12(7-8-15-14)11-5-3-2-4-6-11;1-3(2)4/h2-10,15H,1H3;3H,1-2H3. The van der Waals surface area contributed by atoms with Gasteiger partial charge in [0, 0.05) is 25.0 Å². The van der Waals surface area contributed by atoms with E-state index in [1.165, 1.54) is 25.0 Å². The zero-order valence-corrected chi connectivity index (χ0v) is 12.5. The number of rotatable bonds is 2. The van der Waals surface area contributed by atoms with Crippen molar-refractivity contribution >= 4 is 0 Å². The molecule has 0 saturated heterocycles. The van der Waals surface area contributed by atoms with E-state index in [0.29, 0.717) is 0 Å². The van der Waals surface area contributed by atoms with E-state index in [4.69, 9.17) is 0 Å². The van der Waals surface area contributed by atoms with E-state index in [9.17, 15) is 4.39 Å². The highest BCUT2D eigenvalue weighted by Gasteiger charge is 2.09. The van der Waals surface area contributed by atoms with Crippen molar-refractivity contribution in [1.29, 1.82) is 0 Å². The second-order valence-electron chi connectivity index (χ2n) is 5.07. The number of hydrogen-bond donors (Lipinski definition) is 1. The molecule has 0 fully saturated rings. The summed E-state index contributed by atoms with van der Waals surface area (Å²) in [6, 6.07) is 12.4. The number of benzene rings is 1. The summed E-state index contributed by atoms with van der Waals surface area (Å²) in [5, 5.41) is 0. The maximum absolute atomic E-state index is 11.0. The molecule has 2 heterocycles. The van der Waals surface area contributed by atoms with Crippen molar-refractivity contribution in [2.24, 2.45) is 7.05 Å². The number of halogens is 1. The smallest absolute Gasteiger partial charge is 0.105 e. The molecule has 4 heteroatoms. The Hall–Kier alpha value is -2.36. The van der Waals surface area contributed by atoms with Gasteiger partial charge in [-0.15, -0.1) is 0 Å². The number of aromatic nitrogens is 3. The van der Waals surface area contributed by atoms with Crippen LogP contribution in [0.4, 0.5) is 4.39 Å². The molecule has 21 heavy (non-hydrogen) atoms. The van der Waals surface area contributed by atoms with Gasteiger partial charge in [-0.3, -0.25) is 0 Å². The fraction of sp³-hybridized carbons (Fsp3) is 0.235. The Labute approximate surface area is 124 Å². The van der Waals surface area contributed by atoms with Crippen LogP contribution < -0.4 is 0 Å². The molecule has 0 saturated carbocycles. The highest BCUT2D eigenvalue weighted by molar-refractivity contribution is 5.79. The van der Waals surface area contributed by atoms with Gasteiger partial charge in [0.1, 0.15) is 5.69 Å². The number of aromatic amines is 1. The Morgan fingerprint density at radius 1 is 1.14 bits per heavy atom. The molecule has 0 unspecified atom stereocenters. The fourth-order valence-corrected chi connectivity index (χ4v) is 1.98. The summed E-state index contributed by atoms with van der Waals surface area (Å²) >= 11 is 0. The first kappa shape index (κ1) is 15.0. The van der Waals surface area contributed by atoms with Gasteiger partial charge in [0.05, 0.1) is 18.2 Å². The van der Waals surface area contributed by atoms with Crippen molar-refractivity contribution in [3.05, 3.63) is 55.1 Å². The number of imidazole rings is 1. The van der Waals surface area contributed by atoms with Crippen molar-refractivity contribution in [1.82, 2.24) is 14.5 Å². The van der Waals surface area contributed by atoms with Crippen LogP contribution in [0.25, 0.3) is 22.5 Å². The minimum Gasteiger partial charge on any atom is -0.359 e. The molecule has 1 N–H and O–H groups in total. The van der Waals surface area contributed by atoms with Crippen LogP contribution in [0.15, 0.2) is 55.1 Å². The van der Waals surface area contributed by atoms with Crippen LogP contribution in [0.1, 0.15) is 13.8 Å². The average molecular weight is 285 g/mol. The molecule has 1 aromatic carbocycles. The molecule has 0 aliphatic heterocycles. The van der Waals surface area contributed by atoms with Crippen molar-refractivity contribution in [3.63, 3.8) is 0 Å². The van der Waals surface area contributed by atoms with Crippen LogP contribution in [0.5, 0.6) is 0 Å². The number of aryl methyl sites for hydroxylation is 1. The zero-order chi connectivity index (χ0) is 15.2. The predicted molar refractivity (Wildman–Crippen MR) is 84.7 cm³/mol. The molecule has 0 spiro atoms. The minimum absolute atomic E-state index is 0.667. The lowest BCUT2D eigenvalue weighted by Crippen LogP contribution is -1.82. The average Bonchev–Trinajstić information content (AvgIpc) is 3.07. The first-order valence-electron chi connectivity index (χ1n) is 6.93. The minimum atomic E-state index is -0.667. The maximum atomic E-state index is 11.0. The van der Waals surface area contributed by atoms with Crippen molar-refractivity contribution in [2.75, 3.05) is 0 Å². The van der Waals surface area contributed by atoms with E-state index in [2.05, 4.69) is 28.2 Å². The summed E-state index contributed by atoms with van der Waals surface area (Å²) < 4.78 is 12.9. The van der Waals surface area contributed by atoms with Gasteiger partial charge in [0.15, 0.2) is 0 Å². The summed E-state index contributed by atoms with van der Waals surface area (Å²) in [6.45, 7) is 3.00. The second-order valence-corrected chi connectivity index (χ2v) is 5.07. The molecular formula is C17H20FN3. The number of H-pyrrole nitrogens is 1. The summed E-state index contributed by atoms with van der Waals surface area (Å²) in [4.78, 5) is 7.63. The topological polar surface area (TPSA) is 33.6 Å². The Bertz CT molecular complexity index is 665. The van der Waals surface area contributed by atoms with Crippen molar-refractivity contribution < 1.29 is 4.39 Å². The second kappa shape index (κ2) is 6.88. The Kier molecular flexibility index (Phi) is 4.93. The molecule has 110 valence electrons. The van der Waals surface area contributed by atoms with Gasteiger partial charge >= 0.3 is 0 Å². The SMILES string of the molecule is CC(C)F.Cn1cnc(-c2[nH]ccc2-c2ccccc2)c1. The number of hydrogen-bond acceptors (Lipinski definition) is 1. The van der Waals surface area contributed by atoms with E-state index in [-0.39, 0.29) is 0 Å². The Balaban J connectivity index is 0.000000361. The molecule has 3 aromatic rings. The Morgan fingerprint density at radius 3 is 2.38 bits per heavy atom. The van der Waals surface area contributed by atoms with E-state index in [1.807, 2.05) is 48.5 Å². The zero-order valence-electron chi connectivity index (χ0n) is 12.5. The molecule has 3 rings (SSSR count). The summed E-state index contributed by atoms with van der Waals surface area (Å²) in [5.41, 5.74) is 4.42. The van der Waals surface area contributed by atoms with Gasteiger partial charge in [-0.1, -0.05) is 30.3 Å². The highest BCUT2D eigenvalue weighted by Crippen LogP contribution is 2.29. The Morgan fingerprint density at radius 2 is 1.81 bits per heavy atom. The molecular weight excluding hydrogens is 265 g/mol. The van der Waals surface area contributed by atoms with Crippen LogP contribution in [0.2, 0.25) is 0 Å². The van der Waals surface area contributed by atoms with Crippen LogP contribution in [-0.2, 0) is 7.05 Å². The molecule has 0 aliphatic rings. The van der Waals surface area contributed by atoms with E-state index < -0.39 is 6.17 Å². The van der Waals surface area contributed by atoms with E-state index >= 15 is 0 Å².